The van der Waals surface area contributed by atoms with E-state index in [1.165, 1.54) is 38.9 Å². The quantitative estimate of drug-likeness (QED) is 0.694. The average molecular weight is 197 g/mol. The summed E-state index contributed by atoms with van der Waals surface area (Å²) in [5.41, 5.74) is 6.30. The van der Waals surface area contributed by atoms with Crippen LogP contribution in [0.4, 0.5) is 0 Å². The highest BCUT2D eigenvalue weighted by molar-refractivity contribution is 5.01. The summed E-state index contributed by atoms with van der Waals surface area (Å²) in [6.07, 6.45) is 3.98. The first kappa shape index (κ1) is 10.4. The van der Waals surface area contributed by atoms with Gasteiger partial charge in [-0.2, -0.15) is 0 Å². The summed E-state index contributed by atoms with van der Waals surface area (Å²) in [5, 5.41) is 0. The van der Waals surface area contributed by atoms with Crippen LogP contribution in [0.3, 0.4) is 0 Å². The van der Waals surface area contributed by atoms with Crippen LogP contribution >= 0.6 is 0 Å². The Labute approximate surface area is 87.2 Å². The Bertz CT molecular complexity index is 205. The number of nitrogens with zero attached hydrogens (tertiary/aromatic N) is 2. The van der Waals surface area contributed by atoms with Gasteiger partial charge in [0.1, 0.15) is 0 Å². The zero-order valence-electron chi connectivity index (χ0n) is 9.50. The lowest BCUT2D eigenvalue weighted by atomic mass is 9.72. The zero-order valence-corrected chi connectivity index (χ0v) is 9.50. The molecule has 3 atom stereocenters. The maximum absolute atomic E-state index is 6.01. The van der Waals surface area contributed by atoms with Gasteiger partial charge in [-0.05, 0) is 52.4 Å². The molecule has 2 aliphatic heterocycles. The molecule has 0 aromatic rings. The first-order chi connectivity index (χ1) is 6.69. The van der Waals surface area contributed by atoms with Crippen molar-refractivity contribution in [2.45, 2.75) is 24.8 Å². The third kappa shape index (κ3) is 1.47. The molecule has 2 rings (SSSR count). The summed E-state index contributed by atoms with van der Waals surface area (Å²) < 4.78 is 0. The van der Waals surface area contributed by atoms with Crippen LogP contribution in [0.5, 0.6) is 0 Å². The van der Waals surface area contributed by atoms with E-state index in [1.54, 1.807) is 0 Å². The van der Waals surface area contributed by atoms with Gasteiger partial charge in [-0.3, -0.25) is 0 Å². The van der Waals surface area contributed by atoms with Crippen molar-refractivity contribution >= 4 is 0 Å². The van der Waals surface area contributed by atoms with E-state index in [0.29, 0.717) is 0 Å². The van der Waals surface area contributed by atoms with E-state index in [-0.39, 0.29) is 5.54 Å². The summed E-state index contributed by atoms with van der Waals surface area (Å²) >= 11 is 0. The molecule has 0 radical (unpaired) electrons. The minimum Gasteiger partial charge on any atom is -0.329 e. The van der Waals surface area contributed by atoms with Gasteiger partial charge in [0.05, 0.1) is 0 Å². The fraction of sp³-hybridized carbons (Fsp3) is 1.00. The molecule has 3 heteroatoms. The summed E-state index contributed by atoms with van der Waals surface area (Å²) in [4.78, 5) is 4.98. The normalized spacial score (nSPS) is 42.9. The molecular weight excluding hydrogens is 174 g/mol. The number of hydrogen-bond donors (Lipinski definition) is 1. The van der Waals surface area contributed by atoms with Gasteiger partial charge in [0.15, 0.2) is 0 Å². The van der Waals surface area contributed by atoms with E-state index in [0.717, 1.165) is 12.5 Å². The summed E-state index contributed by atoms with van der Waals surface area (Å²) in [6, 6.07) is 0. The van der Waals surface area contributed by atoms with E-state index >= 15 is 0 Å². The van der Waals surface area contributed by atoms with Crippen molar-refractivity contribution in [3.8, 4) is 0 Å². The highest BCUT2D eigenvalue weighted by atomic mass is 15.2. The minimum atomic E-state index is 0.289. The maximum Gasteiger partial charge on any atom is 0.0378 e. The molecule has 2 N–H and O–H groups in total. The monoisotopic (exact) mass is 197 g/mol. The van der Waals surface area contributed by atoms with Crippen LogP contribution in [0.2, 0.25) is 0 Å². The molecule has 0 spiro atoms. The van der Waals surface area contributed by atoms with Crippen LogP contribution in [0.1, 0.15) is 19.3 Å². The number of fused-ring (bicyclic) bond motifs is 2. The van der Waals surface area contributed by atoms with Crippen molar-refractivity contribution in [2.24, 2.45) is 11.7 Å². The fourth-order valence-corrected chi connectivity index (χ4v) is 3.29. The first-order valence-electron chi connectivity index (χ1n) is 5.79. The molecule has 3 unspecified atom stereocenters. The van der Waals surface area contributed by atoms with Crippen molar-refractivity contribution in [3.63, 3.8) is 0 Å². The van der Waals surface area contributed by atoms with Crippen LogP contribution in [0.15, 0.2) is 0 Å². The van der Waals surface area contributed by atoms with Crippen LogP contribution < -0.4 is 5.73 Å². The predicted molar refractivity (Wildman–Crippen MR) is 59.3 cm³/mol. The number of nitrogens with two attached hydrogens (primary N) is 1. The largest absolute Gasteiger partial charge is 0.329 e. The molecular formula is C11H23N3. The van der Waals surface area contributed by atoms with E-state index < -0.39 is 0 Å². The third-order valence-corrected chi connectivity index (χ3v) is 4.37. The number of piperidine rings is 2. The highest BCUT2D eigenvalue weighted by Crippen LogP contribution is 2.37. The van der Waals surface area contributed by atoms with Gasteiger partial charge in [0.25, 0.3) is 0 Å². The Kier molecular flexibility index (Phi) is 2.82. The topological polar surface area (TPSA) is 32.5 Å². The van der Waals surface area contributed by atoms with E-state index in [2.05, 4.69) is 23.9 Å². The molecule has 2 fully saturated rings. The van der Waals surface area contributed by atoms with Crippen LogP contribution in [-0.4, -0.2) is 55.6 Å². The minimum absolute atomic E-state index is 0.289. The summed E-state index contributed by atoms with van der Waals surface area (Å²) in [5.74, 6) is 0.796. The standard InChI is InChI=1S/C11H23N3/c1-13(2)11(9-12)5-7-14-6-3-4-10(11)8-14/h10H,3-9,12H2,1-2H3. The molecule has 2 heterocycles. The lowest BCUT2D eigenvalue weighted by Crippen LogP contribution is -2.64. The van der Waals surface area contributed by atoms with Gasteiger partial charge in [-0.1, -0.05) is 0 Å². The van der Waals surface area contributed by atoms with Gasteiger partial charge >= 0.3 is 0 Å². The predicted octanol–water partition coefficient (Wildman–Crippen LogP) is 0.361. The highest BCUT2D eigenvalue weighted by Gasteiger charge is 2.44. The summed E-state index contributed by atoms with van der Waals surface area (Å²) in [7, 11) is 4.38. The Morgan fingerprint density at radius 3 is 2.86 bits per heavy atom. The van der Waals surface area contributed by atoms with Gasteiger partial charge < -0.3 is 15.5 Å². The molecule has 2 saturated heterocycles. The van der Waals surface area contributed by atoms with Crippen molar-refractivity contribution in [1.82, 2.24) is 9.80 Å². The zero-order chi connectivity index (χ0) is 10.2. The van der Waals surface area contributed by atoms with Crippen LogP contribution in [0, 0.1) is 5.92 Å². The van der Waals surface area contributed by atoms with Gasteiger partial charge in [-0.15, -0.1) is 0 Å². The van der Waals surface area contributed by atoms with Crippen molar-refractivity contribution in [1.29, 1.82) is 0 Å². The van der Waals surface area contributed by atoms with Crippen molar-refractivity contribution in [2.75, 3.05) is 40.3 Å². The Balaban J connectivity index is 2.17. The third-order valence-electron chi connectivity index (χ3n) is 4.37. The first-order valence-corrected chi connectivity index (χ1v) is 5.79. The second kappa shape index (κ2) is 3.80. The molecule has 0 aromatic carbocycles. The SMILES string of the molecule is CN(C)C1(CN)CCN2CCCC1C2. The van der Waals surface area contributed by atoms with Crippen LogP contribution in [0.25, 0.3) is 0 Å². The van der Waals surface area contributed by atoms with E-state index in [9.17, 15) is 0 Å². The Morgan fingerprint density at radius 2 is 2.21 bits per heavy atom. The number of rotatable bonds is 2. The Morgan fingerprint density at radius 1 is 1.43 bits per heavy atom. The molecule has 2 bridgehead atoms. The van der Waals surface area contributed by atoms with Crippen molar-refractivity contribution in [3.05, 3.63) is 0 Å². The van der Waals surface area contributed by atoms with Gasteiger partial charge in [0, 0.05) is 18.6 Å². The smallest absolute Gasteiger partial charge is 0.0378 e. The fourth-order valence-electron chi connectivity index (χ4n) is 3.29. The van der Waals surface area contributed by atoms with Gasteiger partial charge in [-0.25, -0.2) is 0 Å². The lowest BCUT2D eigenvalue weighted by molar-refractivity contribution is -0.0213. The van der Waals surface area contributed by atoms with E-state index in [1.807, 2.05) is 0 Å². The molecule has 0 amide bonds. The number of likely N-dealkylation sites (N-methyl/N-ethyl adjacent to an activating group) is 1. The summed E-state index contributed by atoms with van der Waals surface area (Å²) in [6.45, 7) is 4.64. The van der Waals surface area contributed by atoms with Crippen LogP contribution in [-0.2, 0) is 0 Å². The van der Waals surface area contributed by atoms with Crippen molar-refractivity contribution < 1.29 is 0 Å². The molecule has 3 nitrogen and oxygen atoms in total. The molecule has 82 valence electrons. The van der Waals surface area contributed by atoms with E-state index in [4.69, 9.17) is 5.73 Å². The lowest BCUT2D eigenvalue weighted by Gasteiger charge is -2.53. The molecule has 2 aliphatic rings. The molecule has 14 heavy (non-hydrogen) atoms. The molecule has 0 aromatic heterocycles. The second-order valence-electron chi connectivity index (χ2n) is 5.09. The second-order valence-corrected chi connectivity index (χ2v) is 5.09. The van der Waals surface area contributed by atoms with Gasteiger partial charge in [0.2, 0.25) is 0 Å². The maximum atomic E-state index is 6.01. The molecule has 0 aliphatic carbocycles. The molecule has 0 saturated carbocycles. The average Bonchev–Trinajstić information content (AvgIpc) is 2.19. The Hall–Kier alpha value is -0.120. The number of hydrogen-bond acceptors (Lipinski definition) is 3.